The molecule has 138 valence electrons. The minimum Gasteiger partial charge on any atom is -0.378 e. The van der Waals surface area contributed by atoms with Crippen LogP contribution in [0, 0.1) is 5.82 Å². The third kappa shape index (κ3) is 3.60. The van der Waals surface area contributed by atoms with Gasteiger partial charge >= 0.3 is 0 Å². The van der Waals surface area contributed by atoms with Gasteiger partial charge in [-0.3, -0.25) is 9.78 Å². The topological polar surface area (TPSA) is 45.2 Å². The maximum Gasteiger partial charge on any atom is 0.219 e. The molecule has 0 aliphatic carbocycles. The number of aromatic nitrogens is 1. The highest BCUT2D eigenvalue weighted by molar-refractivity contribution is 6.31. The number of pyridine rings is 1. The molecule has 1 unspecified atom stereocenters. The second kappa shape index (κ2) is 7.16. The Hall–Kier alpha value is -2.66. The molecular weight excluding hydrogens is 365 g/mol. The molecule has 1 aromatic heterocycles. The van der Waals surface area contributed by atoms with Gasteiger partial charge in [0, 0.05) is 42.3 Å². The van der Waals surface area contributed by atoms with Gasteiger partial charge in [0.2, 0.25) is 5.91 Å². The van der Waals surface area contributed by atoms with Crippen molar-refractivity contribution in [3.63, 3.8) is 0 Å². The summed E-state index contributed by atoms with van der Waals surface area (Å²) in [7, 11) is 0. The maximum absolute atomic E-state index is 13.8. The Labute approximate surface area is 162 Å². The van der Waals surface area contributed by atoms with E-state index in [1.807, 2.05) is 30.3 Å². The van der Waals surface area contributed by atoms with Crippen molar-refractivity contribution in [2.24, 2.45) is 0 Å². The highest BCUT2D eigenvalue weighted by atomic mass is 35.5. The van der Waals surface area contributed by atoms with Crippen LogP contribution in [-0.4, -0.2) is 22.3 Å². The van der Waals surface area contributed by atoms with Gasteiger partial charge in [-0.25, -0.2) is 4.39 Å². The predicted octanol–water partition coefficient (Wildman–Crippen LogP) is 4.93. The molecule has 1 N–H and O–H groups in total. The van der Waals surface area contributed by atoms with Crippen LogP contribution in [0.4, 0.5) is 10.1 Å². The number of amides is 1. The average molecular weight is 384 g/mol. The van der Waals surface area contributed by atoms with E-state index in [0.29, 0.717) is 18.1 Å². The van der Waals surface area contributed by atoms with E-state index in [0.717, 1.165) is 34.1 Å². The molecule has 1 aliphatic heterocycles. The summed E-state index contributed by atoms with van der Waals surface area (Å²) < 4.78 is 13.8. The largest absolute Gasteiger partial charge is 0.378 e. The SMILES string of the molecule is CC(=O)N1CCC(Nc2ccnc3cc(Cl)ccc23)c2ccc(F)cc2C1. The van der Waals surface area contributed by atoms with E-state index in [9.17, 15) is 9.18 Å². The molecule has 3 aromatic rings. The summed E-state index contributed by atoms with van der Waals surface area (Å²) in [5, 5.41) is 5.18. The summed E-state index contributed by atoms with van der Waals surface area (Å²) in [5.74, 6) is -0.295. The number of fused-ring (bicyclic) bond motifs is 2. The molecule has 1 aliphatic rings. The van der Waals surface area contributed by atoms with E-state index in [2.05, 4.69) is 10.3 Å². The van der Waals surface area contributed by atoms with Crippen molar-refractivity contribution in [3.05, 3.63) is 70.6 Å². The van der Waals surface area contributed by atoms with Crippen LogP contribution in [0.3, 0.4) is 0 Å². The normalized spacial score (nSPS) is 16.7. The number of benzene rings is 2. The fraction of sp³-hybridized carbons (Fsp3) is 0.238. The van der Waals surface area contributed by atoms with E-state index < -0.39 is 0 Å². The number of carbonyl (C=O) groups excluding carboxylic acids is 1. The maximum atomic E-state index is 13.8. The Morgan fingerprint density at radius 2 is 2.11 bits per heavy atom. The van der Waals surface area contributed by atoms with Crippen LogP contribution in [0.2, 0.25) is 5.02 Å². The van der Waals surface area contributed by atoms with Crippen LogP contribution in [0.15, 0.2) is 48.7 Å². The highest BCUT2D eigenvalue weighted by Gasteiger charge is 2.24. The first-order valence-corrected chi connectivity index (χ1v) is 9.24. The van der Waals surface area contributed by atoms with Crippen molar-refractivity contribution in [3.8, 4) is 0 Å². The number of nitrogens with one attached hydrogen (secondary N) is 1. The van der Waals surface area contributed by atoms with Crippen LogP contribution in [0.25, 0.3) is 10.9 Å². The molecule has 4 rings (SSSR count). The first kappa shape index (κ1) is 17.7. The first-order valence-electron chi connectivity index (χ1n) is 8.86. The van der Waals surface area contributed by atoms with E-state index in [1.165, 1.54) is 12.1 Å². The molecule has 6 heteroatoms. The smallest absolute Gasteiger partial charge is 0.219 e. The van der Waals surface area contributed by atoms with Gasteiger partial charge in [-0.05, 0) is 53.9 Å². The quantitative estimate of drug-likeness (QED) is 0.682. The number of hydrogen-bond acceptors (Lipinski definition) is 3. The molecule has 0 radical (unpaired) electrons. The number of nitrogens with zero attached hydrogens (tertiary/aromatic N) is 2. The lowest BCUT2D eigenvalue weighted by molar-refractivity contribution is -0.129. The minimum atomic E-state index is -0.290. The molecule has 0 saturated carbocycles. The molecule has 4 nitrogen and oxygen atoms in total. The Kier molecular flexibility index (Phi) is 4.70. The summed E-state index contributed by atoms with van der Waals surface area (Å²) in [6.07, 6.45) is 2.47. The summed E-state index contributed by atoms with van der Waals surface area (Å²) >= 11 is 6.08. The Bertz CT molecular complexity index is 1020. The first-order chi connectivity index (χ1) is 13.0. The Balaban J connectivity index is 1.73. The summed E-state index contributed by atoms with van der Waals surface area (Å²) in [5.41, 5.74) is 3.60. The van der Waals surface area contributed by atoms with Crippen LogP contribution in [0.1, 0.15) is 30.5 Å². The number of halogens is 2. The van der Waals surface area contributed by atoms with Crippen LogP contribution < -0.4 is 5.32 Å². The Morgan fingerprint density at radius 1 is 1.26 bits per heavy atom. The fourth-order valence-corrected chi connectivity index (χ4v) is 3.80. The molecular formula is C21H19ClFN3O. The lowest BCUT2D eigenvalue weighted by Gasteiger charge is -2.21. The lowest BCUT2D eigenvalue weighted by Crippen LogP contribution is -2.28. The predicted molar refractivity (Wildman–Crippen MR) is 105 cm³/mol. The number of rotatable bonds is 2. The van der Waals surface area contributed by atoms with Crippen LogP contribution >= 0.6 is 11.6 Å². The second-order valence-corrected chi connectivity index (χ2v) is 7.23. The van der Waals surface area contributed by atoms with Crippen molar-refractivity contribution >= 4 is 34.1 Å². The van der Waals surface area contributed by atoms with Gasteiger partial charge in [0.05, 0.1) is 11.6 Å². The number of carbonyl (C=O) groups is 1. The molecule has 0 saturated heterocycles. The molecule has 0 fully saturated rings. The Morgan fingerprint density at radius 3 is 2.93 bits per heavy atom. The molecule has 27 heavy (non-hydrogen) atoms. The van der Waals surface area contributed by atoms with Crippen molar-refractivity contribution in [1.82, 2.24) is 9.88 Å². The van der Waals surface area contributed by atoms with Gasteiger partial charge in [-0.1, -0.05) is 17.7 Å². The van der Waals surface area contributed by atoms with Crippen LogP contribution in [0.5, 0.6) is 0 Å². The van der Waals surface area contributed by atoms with Gasteiger partial charge in [-0.15, -0.1) is 0 Å². The van der Waals surface area contributed by atoms with Crippen LogP contribution in [-0.2, 0) is 11.3 Å². The van der Waals surface area contributed by atoms with Gasteiger partial charge in [0.15, 0.2) is 0 Å². The summed E-state index contributed by atoms with van der Waals surface area (Å²) in [6, 6.07) is 12.3. The minimum absolute atomic E-state index is 0.00476. The lowest BCUT2D eigenvalue weighted by atomic mass is 9.98. The van der Waals surface area contributed by atoms with Crippen molar-refractivity contribution in [2.45, 2.75) is 25.9 Å². The average Bonchev–Trinajstić information content (AvgIpc) is 2.81. The zero-order valence-electron chi connectivity index (χ0n) is 14.9. The molecule has 1 atom stereocenters. The van der Waals surface area contributed by atoms with Gasteiger partial charge in [0.1, 0.15) is 5.82 Å². The van der Waals surface area contributed by atoms with E-state index in [4.69, 9.17) is 11.6 Å². The summed E-state index contributed by atoms with van der Waals surface area (Å²) in [4.78, 5) is 18.0. The van der Waals surface area contributed by atoms with Crippen molar-refractivity contribution in [2.75, 3.05) is 11.9 Å². The number of anilines is 1. The molecule has 2 heterocycles. The van der Waals surface area contributed by atoms with Gasteiger partial charge in [-0.2, -0.15) is 0 Å². The third-order valence-corrected chi connectivity index (χ3v) is 5.24. The molecule has 1 amide bonds. The molecule has 2 aromatic carbocycles. The van der Waals surface area contributed by atoms with Gasteiger partial charge in [0.25, 0.3) is 0 Å². The van der Waals surface area contributed by atoms with Crippen molar-refractivity contribution in [1.29, 1.82) is 0 Å². The van der Waals surface area contributed by atoms with Gasteiger partial charge < -0.3 is 10.2 Å². The molecule has 0 bridgehead atoms. The van der Waals surface area contributed by atoms with Crippen molar-refractivity contribution < 1.29 is 9.18 Å². The second-order valence-electron chi connectivity index (χ2n) is 6.79. The van der Waals surface area contributed by atoms with E-state index >= 15 is 0 Å². The zero-order chi connectivity index (χ0) is 19.0. The zero-order valence-corrected chi connectivity index (χ0v) is 15.6. The summed E-state index contributed by atoms with van der Waals surface area (Å²) in [6.45, 7) is 2.58. The molecule has 0 spiro atoms. The van der Waals surface area contributed by atoms with E-state index in [-0.39, 0.29) is 17.8 Å². The highest BCUT2D eigenvalue weighted by Crippen LogP contribution is 2.33. The number of hydrogen-bond donors (Lipinski definition) is 1. The standard InChI is InChI=1S/C21H19ClFN3O/c1-13(27)26-9-7-20(17-5-3-16(23)10-14(17)12-26)25-19-6-8-24-21-11-15(22)2-4-18(19)21/h2-6,8,10-11,20H,7,9,12H2,1H3,(H,24,25). The van der Waals surface area contributed by atoms with E-state index in [1.54, 1.807) is 18.0 Å². The monoisotopic (exact) mass is 383 g/mol. The third-order valence-electron chi connectivity index (χ3n) is 5.01. The fourth-order valence-electron chi connectivity index (χ4n) is 3.63.